The molecule has 1 aromatic rings. The maximum absolute atomic E-state index is 11.7. The minimum atomic E-state index is -0.864. The summed E-state index contributed by atoms with van der Waals surface area (Å²) in [6.45, 7) is 3.73. The number of carbonyl (C=O) groups is 2. The third-order valence-corrected chi connectivity index (χ3v) is 3.49. The highest BCUT2D eigenvalue weighted by atomic mass is 32.2. The lowest BCUT2D eigenvalue weighted by Gasteiger charge is -2.17. The van der Waals surface area contributed by atoms with Crippen LogP contribution in [0, 0.1) is 5.92 Å². The van der Waals surface area contributed by atoms with Crippen LogP contribution < -0.4 is 11.1 Å². The van der Waals surface area contributed by atoms with Crippen molar-refractivity contribution in [3.8, 4) is 0 Å². The molecule has 0 saturated heterocycles. The summed E-state index contributed by atoms with van der Waals surface area (Å²) in [6.07, 6.45) is 0. The second kappa shape index (κ2) is 5.62. The summed E-state index contributed by atoms with van der Waals surface area (Å²) in [4.78, 5) is 22.4. The van der Waals surface area contributed by atoms with Crippen LogP contribution in [0.25, 0.3) is 0 Å². The van der Waals surface area contributed by atoms with Crippen molar-refractivity contribution < 1.29 is 9.59 Å². The molecular formula is C8H14N6O2S. The fraction of sp³-hybridized carbons (Fsp3) is 0.625. The van der Waals surface area contributed by atoms with Gasteiger partial charge in [0.25, 0.3) is 0 Å². The van der Waals surface area contributed by atoms with E-state index in [2.05, 4.69) is 20.8 Å². The van der Waals surface area contributed by atoms with Crippen molar-refractivity contribution in [3.05, 3.63) is 0 Å². The lowest BCUT2D eigenvalue weighted by molar-refractivity contribution is -0.120. The number of rotatable bonds is 4. The highest BCUT2D eigenvalue weighted by Gasteiger charge is 2.26. The van der Waals surface area contributed by atoms with Gasteiger partial charge in [-0.15, -0.1) is 5.10 Å². The number of hydrogen-bond acceptors (Lipinski definition) is 6. The predicted octanol–water partition coefficient (Wildman–Crippen LogP) is -0.478. The van der Waals surface area contributed by atoms with E-state index < -0.39 is 17.2 Å². The van der Waals surface area contributed by atoms with Crippen molar-refractivity contribution in [1.29, 1.82) is 0 Å². The zero-order chi connectivity index (χ0) is 13.0. The van der Waals surface area contributed by atoms with Gasteiger partial charge in [-0.05, 0) is 16.3 Å². The van der Waals surface area contributed by atoms with Crippen LogP contribution in [0.4, 0.5) is 4.79 Å². The molecule has 0 saturated carbocycles. The molecule has 0 fully saturated rings. The number of nitrogens with zero attached hydrogens (tertiary/aromatic N) is 4. The SMILES string of the molecule is CC(C)C(Sc1nnnn1C)C(=O)NC(N)=O. The predicted molar refractivity (Wildman–Crippen MR) is 61.0 cm³/mol. The minimum absolute atomic E-state index is 0.0102. The van der Waals surface area contributed by atoms with Gasteiger partial charge in [0.15, 0.2) is 0 Å². The lowest BCUT2D eigenvalue weighted by Crippen LogP contribution is -2.42. The number of nitrogens with two attached hydrogens (primary N) is 1. The molecule has 1 heterocycles. The first kappa shape index (κ1) is 13.4. The fourth-order valence-corrected chi connectivity index (χ4v) is 2.06. The van der Waals surface area contributed by atoms with Gasteiger partial charge < -0.3 is 5.73 Å². The van der Waals surface area contributed by atoms with E-state index in [-0.39, 0.29) is 5.92 Å². The quantitative estimate of drug-likeness (QED) is 0.705. The number of nitrogens with one attached hydrogen (secondary N) is 1. The molecule has 3 amide bonds. The number of aryl methyl sites for hydroxylation is 1. The van der Waals surface area contributed by atoms with E-state index in [9.17, 15) is 9.59 Å². The van der Waals surface area contributed by atoms with Crippen molar-refractivity contribution in [2.45, 2.75) is 24.3 Å². The highest BCUT2D eigenvalue weighted by molar-refractivity contribution is 8.00. The lowest BCUT2D eigenvalue weighted by atomic mass is 10.1. The number of tetrazole rings is 1. The molecule has 0 aromatic carbocycles. The monoisotopic (exact) mass is 258 g/mol. The maximum atomic E-state index is 11.7. The third-order valence-electron chi connectivity index (χ3n) is 1.92. The van der Waals surface area contributed by atoms with Crippen LogP contribution in [0.3, 0.4) is 0 Å². The maximum Gasteiger partial charge on any atom is 0.318 e. The van der Waals surface area contributed by atoms with Crippen LogP contribution >= 0.6 is 11.8 Å². The number of primary amides is 1. The van der Waals surface area contributed by atoms with Gasteiger partial charge in [0.05, 0.1) is 5.25 Å². The largest absolute Gasteiger partial charge is 0.351 e. The van der Waals surface area contributed by atoms with Crippen molar-refractivity contribution in [1.82, 2.24) is 25.5 Å². The molecule has 1 atom stereocenters. The molecule has 3 N–H and O–H groups in total. The first-order valence-corrected chi connectivity index (χ1v) is 5.79. The van der Waals surface area contributed by atoms with Crippen LogP contribution in [0.2, 0.25) is 0 Å². The molecule has 0 aliphatic heterocycles. The number of aromatic nitrogens is 4. The molecule has 8 nitrogen and oxygen atoms in total. The molecule has 1 aromatic heterocycles. The summed E-state index contributed by atoms with van der Waals surface area (Å²) in [5.74, 6) is -0.434. The number of urea groups is 1. The summed E-state index contributed by atoms with van der Waals surface area (Å²) in [5, 5.41) is 13.0. The standard InChI is InChI=1S/C8H14N6O2S/c1-4(2)5(6(15)10-7(9)16)17-8-11-12-13-14(8)3/h4-5H,1-3H3,(H3,9,10,15,16). The first-order valence-electron chi connectivity index (χ1n) is 4.91. The average Bonchev–Trinajstić information content (AvgIpc) is 2.58. The van der Waals surface area contributed by atoms with Crippen LogP contribution in [-0.2, 0) is 11.8 Å². The van der Waals surface area contributed by atoms with Crippen molar-refractivity contribution >= 4 is 23.7 Å². The van der Waals surface area contributed by atoms with Gasteiger partial charge in [-0.3, -0.25) is 10.1 Å². The van der Waals surface area contributed by atoms with Gasteiger partial charge in [-0.1, -0.05) is 25.6 Å². The smallest absolute Gasteiger partial charge is 0.318 e. The minimum Gasteiger partial charge on any atom is -0.351 e. The van der Waals surface area contributed by atoms with Crippen LogP contribution in [0.15, 0.2) is 5.16 Å². The Morgan fingerprint density at radius 2 is 2.12 bits per heavy atom. The molecule has 1 unspecified atom stereocenters. The zero-order valence-electron chi connectivity index (χ0n) is 9.75. The Bertz CT molecular complexity index is 418. The van der Waals surface area contributed by atoms with Gasteiger partial charge >= 0.3 is 6.03 Å². The summed E-state index contributed by atoms with van der Waals surface area (Å²) < 4.78 is 1.46. The van der Waals surface area contributed by atoms with Crippen molar-refractivity contribution in [3.63, 3.8) is 0 Å². The normalized spacial score (nSPS) is 12.5. The topological polar surface area (TPSA) is 116 Å². The summed E-state index contributed by atoms with van der Waals surface area (Å²) in [5.41, 5.74) is 4.91. The second-order valence-electron chi connectivity index (χ2n) is 3.72. The molecule has 9 heteroatoms. The van der Waals surface area contributed by atoms with E-state index in [1.807, 2.05) is 13.8 Å². The van der Waals surface area contributed by atoms with Gasteiger partial charge in [-0.2, -0.15) is 0 Å². The Morgan fingerprint density at radius 3 is 2.53 bits per heavy atom. The third kappa shape index (κ3) is 3.70. The zero-order valence-corrected chi connectivity index (χ0v) is 10.6. The summed E-state index contributed by atoms with van der Waals surface area (Å²) in [7, 11) is 1.67. The molecule has 94 valence electrons. The van der Waals surface area contributed by atoms with E-state index in [0.717, 1.165) is 0 Å². The summed E-state index contributed by atoms with van der Waals surface area (Å²) >= 11 is 1.19. The molecule has 1 rings (SSSR count). The molecule has 0 spiro atoms. The highest BCUT2D eigenvalue weighted by Crippen LogP contribution is 2.25. The van der Waals surface area contributed by atoms with E-state index in [4.69, 9.17) is 5.73 Å². The van der Waals surface area contributed by atoms with E-state index in [1.165, 1.54) is 16.4 Å². The number of thioether (sulfide) groups is 1. The summed E-state index contributed by atoms with van der Waals surface area (Å²) in [6, 6.07) is -0.864. The van der Waals surface area contributed by atoms with Gasteiger partial charge in [-0.25, -0.2) is 9.48 Å². The number of hydrogen-bond donors (Lipinski definition) is 2. The first-order chi connectivity index (χ1) is 7.91. The molecule has 17 heavy (non-hydrogen) atoms. The van der Waals surface area contributed by atoms with Gasteiger partial charge in [0, 0.05) is 7.05 Å². The Balaban J connectivity index is 2.77. The number of carbonyl (C=O) groups excluding carboxylic acids is 2. The van der Waals surface area contributed by atoms with E-state index in [1.54, 1.807) is 7.05 Å². The Hall–Kier alpha value is -1.64. The molecular weight excluding hydrogens is 244 g/mol. The van der Waals surface area contributed by atoms with E-state index >= 15 is 0 Å². The Kier molecular flexibility index (Phi) is 4.44. The van der Waals surface area contributed by atoms with Crippen LogP contribution in [0.1, 0.15) is 13.8 Å². The van der Waals surface area contributed by atoms with Crippen LogP contribution in [0.5, 0.6) is 0 Å². The number of amides is 3. The molecule has 0 radical (unpaired) electrons. The second-order valence-corrected chi connectivity index (χ2v) is 4.83. The Labute approximate surface area is 102 Å². The fourth-order valence-electron chi connectivity index (χ4n) is 1.12. The van der Waals surface area contributed by atoms with Crippen molar-refractivity contribution in [2.75, 3.05) is 0 Å². The molecule has 0 aliphatic rings. The van der Waals surface area contributed by atoms with Crippen molar-refractivity contribution in [2.24, 2.45) is 18.7 Å². The Morgan fingerprint density at radius 1 is 1.47 bits per heavy atom. The van der Waals surface area contributed by atoms with Crippen LogP contribution in [-0.4, -0.2) is 37.4 Å². The van der Waals surface area contributed by atoms with Gasteiger partial charge in [0.1, 0.15) is 0 Å². The molecule has 0 aliphatic carbocycles. The van der Waals surface area contributed by atoms with Gasteiger partial charge in [0.2, 0.25) is 11.1 Å². The van der Waals surface area contributed by atoms with E-state index in [0.29, 0.717) is 5.16 Å². The molecule has 0 bridgehead atoms. The average molecular weight is 258 g/mol. The number of imide groups is 1.